The number of aromatic nitrogens is 3. The Morgan fingerprint density at radius 1 is 1.10 bits per heavy atom. The first-order valence-corrected chi connectivity index (χ1v) is 10.6. The van der Waals surface area contributed by atoms with Crippen LogP contribution in [-0.2, 0) is 10.0 Å². The van der Waals surface area contributed by atoms with Gasteiger partial charge in [0.15, 0.2) is 5.82 Å². The van der Waals surface area contributed by atoms with Crippen LogP contribution in [-0.4, -0.2) is 42.7 Å². The van der Waals surface area contributed by atoms with E-state index in [4.69, 9.17) is 0 Å². The molecule has 0 saturated carbocycles. The van der Waals surface area contributed by atoms with Gasteiger partial charge in [-0.05, 0) is 37.1 Å². The normalized spacial score (nSPS) is 17.4. The number of halogens is 2. The largest absolute Gasteiger partial charge is 0.354 e. The summed E-state index contributed by atoms with van der Waals surface area (Å²) in [5.74, 6) is -1.16. The van der Waals surface area contributed by atoms with E-state index in [9.17, 15) is 17.2 Å². The zero-order valence-corrected chi connectivity index (χ0v) is 16.2. The monoisotopic (exact) mass is 419 g/mol. The molecule has 1 unspecified atom stereocenters. The number of pyridine rings is 1. The fourth-order valence-electron chi connectivity index (χ4n) is 3.41. The van der Waals surface area contributed by atoms with E-state index in [0.717, 1.165) is 36.4 Å². The Morgan fingerprint density at radius 2 is 1.83 bits per heavy atom. The lowest BCUT2D eigenvalue weighted by Crippen LogP contribution is -2.47. The van der Waals surface area contributed by atoms with Gasteiger partial charge in [0, 0.05) is 49.2 Å². The molecule has 0 amide bonds. The summed E-state index contributed by atoms with van der Waals surface area (Å²) in [6.45, 7) is 1.13. The Kier molecular flexibility index (Phi) is 5.29. The van der Waals surface area contributed by atoms with Crippen molar-refractivity contribution in [2.75, 3.05) is 18.0 Å². The smallest absolute Gasteiger partial charge is 0.241 e. The van der Waals surface area contributed by atoms with E-state index < -0.39 is 32.6 Å². The number of anilines is 1. The Balaban J connectivity index is 1.48. The number of aromatic amines is 1. The molecule has 1 aliphatic rings. The first-order chi connectivity index (χ1) is 13.9. The summed E-state index contributed by atoms with van der Waals surface area (Å²) in [6.07, 6.45) is 4.75. The fourth-order valence-corrected chi connectivity index (χ4v) is 4.71. The summed E-state index contributed by atoms with van der Waals surface area (Å²) in [6, 6.07) is 7.47. The van der Waals surface area contributed by atoms with Gasteiger partial charge in [0.1, 0.15) is 11.6 Å². The third-order valence-corrected chi connectivity index (χ3v) is 6.27. The second-order valence-electron chi connectivity index (χ2n) is 6.89. The summed E-state index contributed by atoms with van der Waals surface area (Å²) in [7, 11) is -4.04. The summed E-state index contributed by atoms with van der Waals surface area (Å²) >= 11 is 0. The van der Waals surface area contributed by atoms with Crippen molar-refractivity contribution in [3.8, 4) is 11.3 Å². The van der Waals surface area contributed by atoms with E-state index in [2.05, 4.69) is 19.9 Å². The highest BCUT2D eigenvalue weighted by molar-refractivity contribution is 7.89. The molecule has 10 heteroatoms. The lowest BCUT2D eigenvalue weighted by molar-refractivity contribution is 0.463. The van der Waals surface area contributed by atoms with Gasteiger partial charge in [-0.15, -0.1) is 0 Å². The fraction of sp³-hybridized carbons (Fsp3) is 0.263. The van der Waals surface area contributed by atoms with Gasteiger partial charge in [-0.3, -0.25) is 10.1 Å². The molecule has 0 radical (unpaired) electrons. The summed E-state index contributed by atoms with van der Waals surface area (Å²) in [4.78, 5) is 5.54. The maximum Gasteiger partial charge on any atom is 0.241 e. The molecule has 1 saturated heterocycles. The molecule has 2 N–H and O–H groups in total. The minimum absolute atomic E-state index is 0.400. The number of nitrogens with zero attached hydrogens (tertiary/aromatic N) is 3. The van der Waals surface area contributed by atoms with Crippen molar-refractivity contribution in [1.29, 1.82) is 0 Å². The van der Waals surface area contributed by atoms with Crippen LogP contribution in [0.3, 0.4) is 0 Å². The molecule has 1 atom stereocenters. The number of nitrogens with one attached hydrogen (secondary N) is 2. The lowest BCUT2D eigenvalue weighted by Gasteiger charge is -2.33. The third kappa shape index (κ3) is 4.43. The number of rotatable bonds is 5. The molecule has 0 bridgehead atoms. The van der Waals surface area contributed by atoms with Gasteiger partial charge in [0.2, 0.25) is 10.0 Å². The summed E-state index contributed by atoms with van der Waals surface area (Å²) in [5.41, 5.74) is 1.78. The summed E-state index contributed by atoms with van der Waals surface area (Å²) in [5, 5.41) is 7.31. The van der Waals surface area contributed by atoms with Crippen LogP contribution >= 0.6 is 0 Å². The minimum Gasteiger partial charge on any atom is -0.354 e. The van der Waals surface area contributed by atoms with Crippen molar-refractivity contribution >= 4 is 15.8 Å². The zero-order chi connectivity index (χ0) is 20.4. The maximum atomic E-state index is 13.4. The van der Waals surface area contributed by atoms with Crippen LogP contribution in [0.2, 0.25) is 0 Å². The van der Waals surface area contributed by atoms with Gasteiger partial charge < -0.3 is 4.90 Å². The predicted molar refractivity (Wildman–Crippen MR) is 104 cm³/mol. The predicted octanol–water partition coefficient (Wildman–Crippen LogP) is 2.70. The SMILES string of the molecule is O=S(=O)(NC1CCCN(c2cc(-c3ccncc3)[nH]n2)C1)c1cc(F)cc(F)c1. The van der Waals surface area contributed by atoms with Crippen molar-refractivity contribution in [3.63, 3.8) is 0 Å². The number of sulfonamides is 1. The third-order valence-electron chi connectivity index (χ3n) is 4.77. The first-order valence-electron chi connectivity index (χ1n) is 9.10. The van der Waals surface area contributed by atoms with E-state index >= 15 is 0 Å². The first kappa shape index (κ1) is 19.5. The maximum absolute atomic E-state index is 13.4. The van der Waals surface area contributed by atoms with Gasteiger partial charge in [0.25, 0.3) is 0 Å². The Labute approximate surface area is 166 Å². The number of H-pyrrole nitrogens is 1. The highest BCUT2D eigenvalue weighted by Crippen LogP contribution is 2.24. The molecule has 1 aliphatic heterocycles. The molecule has 3 heterocycles. The van der Waals surface area contributed by atoms with Crippen molar-refractivity contribution in [1.82, 2.24) is 19.9 Å². The molecule has 7 nitrogen and oxygen atoms in total. The Morgan fingerprint density at radius 3 is 2.55 bits per heavy atom. The van der Waals surface area contributed by atoms with Crippen LogP contribution in [0.4, 0.5) is 14.6 Å². The van der Waals surface area contributed by atoms with Gasteiger partial charge in [0.05, 0.1) is 10.6 Å². The van der Waals surface area contributed by atoms with Crippen molar-refractivity contribution < 1.29 is 17.2 Å². The van der Waals surface area contributed by atoms with E-state index in [-0.39, 0.29) is 0 Å². The molecule has 0 spiro atoms. The number of hydrogen-bond acceptors (Lipinski definition) is 5. The zero-order valence-electron chi connectivity index (χ0n) is 15.3. The van der Waals surface area contributed by atoms with Crippen LogP contribution in [0.15, 0.2) is 53.7 Å². The topological polar surface area (TPSA) is 91.0 Å². The molecule has 3 aromatic rings. The van der Waals surface area contributed by atoms with Crippen molar-refractivity contribution in [2.45, 2.75) is 23.8 Å². The van der Waals surface area contributed by atoms with Crippen LogP contribution in [0, 0.1) is 11.6 Å². The summed E-state index contributed by atoms with van der Waals surface area (Å²) < 4.78 is 54.5. The Hall–Kier alpha value is -2.85. The van der Waals surface area contributed by atoms with Crippen molar-refractivity contribution in [3.05, 3.63) is 60.4 Å². The molecule has 152 valence electrons. The average molecular weight is 419 g/mol. The molecular formula is C19H19F2N5O2S. The molecule has 1 aromatic carbocycles. The second-order valence-corrected chi connectivity index (χ2v) is 8.60. The molecule has 29 heavy (non-hydrogen) atoms. The molecular weight excluding hydrogens is 400 g/mol. The van der Waals surface area contributed by atoms with E-state index in [1.807, 2.05) is 23.1 Å². The molecule has 4 rings (SSSR count). The van der Waals surface area contributed by atoms with Gasteiger partial charge in [-0.25, -0.2) is 21.9 Å². The van der Waals surface area contributed by atoms with E-state index in [1.54, 1.807) is 12.4 Å². The second kappa shape index (κ2) is 7.88. The van der Waals surface area contributed by atoms with Crippen molar-refractivity contribution in [2.24, 2.45) is 0 Å². The van der Waals surface area contributed by atoms with Gasteiger partial charge in [-0.1, -0.05) is 0 Å². The molecule has 0 aliphatic carbocycles. The van der Waals surface area contributed by atoms with Crippen LogP contribution < -0.4 is 9.62 Å². The molecule has 2 aromatic heterocycles. The van der Waals surface area contributed by atoms with Crippen LogP contribution in [0.1, 0.15) is 12.8 Å². The highest BCUT2D eigenvalue weighted by atomic mass is 32.2. The van der Waals surface area contributed by atoms with Crippen LogP contribution in [0.5, 0.6) is 0 Å². The number of hydrogen-bond donors (Lipinski definition) is 2. The minimum atomic E-state index is -4.04. The standard InChI is InChI=1S/C19H19F2N5O2S/c20-14-8-15(21)10-17(9-14)29(27,28)25-16-2-1-7-26(12-16)19-11-18(23-24-19)13-3-5-22-6-4-13/h3-6,8-11,16,25H,1-2,7,12H2,(H,23,24). The number of benzene rings is 1. The van der Waals surface area contributed by atoms with Crippen LogP contribution in [0.25, 0.3) is 11.3 Å². The quantitative estimate of drug-likeness (QED) is 0.664. The van der Waals surface area contributed by atoms with Gasteiger partial charge >= 0.3 is 0 Å². The van der Waals surface area contributed by atoms with Gasteiger partial charge in [-0.2, -0.15) is 5.10 Å². The Bertz CT molecular complexity index is 1080. The van der Waals surface area contributed by atoms with E-state index in [1.165, 1.54) is 0 Å². The highest BCUT2D eigenvalue weighted by Gasteiger charge is 2.27. The number of piperidine rings is 1. The molecule has 1 fully saturated rings. The lowest BCUT2D eigenvalue weighted by atomic mass is 10.1. The van der Waals surface area contributed by atoms with E-state index in [0.29, 0.717) is 24.8 Å². The average Bonchev–Trinajstić information content (AvgIpc) is 3.18.